The number of nitrogens with zero attached hydrogens (tertiary/aromatic N) is 6. The summed E-state index contributed by atoms with van der Waals surface area (Å²) in [5.74, 6) is -1.97. The lowest BCUT2D eigenvalue weighted by atomic mass is 9.95. The van der Waals surface area contributed by atoms with Gasteiger partial charge in [0.05, 0.1) is 6.04 Å². The van der Waals surface area contributed by atoms with Crippen molar-refractivity contribution in [1.29, 1.82) is 0 Å². The van der Waals surface area contributed by atoms with Gasteiger partial charge in [-0.25, -0.2) is 10.0 Å². The number of rotatable bonds is 6. The summed E-state index contributed by atoms with van der Waals surface area (Å²) in [4.78, 5) is 75.4. The van der Waals surface area contributed by atoms with Crippen LogP contribution in [0.2, 0.25) is 0 Å². The molecule has 0 aromatic heterocycles. The van der Waals surface area contributed by atoms with Crippen molar-refractivity contribution >= 4 is 42.0 Å². The molecule has 2 fully saturated rings. The van der Waals surface area contributed by atoms with Gasteiger partial charge in [-0.2, -0.15) is 10.2 Å². The van der Waals surface area contributed by atoms with Crippen molar-refractivity contribution in [2.45, 2.75) is 108 Å². The molecule has 2 N–H and O–H groups in total. The molecule has 0 radical (unpaired) electrons. The van der Waals surface area contributed by atoms with Gasteiger partial charge in [0.15, 0.2) is 0 Å². The third kappa shape index (κ3) is 8.51. The molecule has 0 spiro atoms. The molecule has 13 heteroatoms. The maximum absolute atomic E-state index is 14.7. The molecule has 13 nitrogen and oxygen atoms in total. The minimum absolute atomic E-state index is 0.130. The van der Waals surface area contributed by atoms with Gasteiger partial charge in [0.1, 0.15) is 24.2 Å². The first-order valence-electron chi connectivity index (χ1n) is 19.1. The van der Waals surface area contributed by atoms with Crippen molar-refractivity contribution in [3.63, 3.8) is 0 Å². The number of fused-ring (bicyclic) bond motifs is 3. The molecule has 282 valence electrons. The number of benzene rings is 2. The zero-order valence-electron chi connectivity index (χ0n) is 31.0. The predicted molar refractivity (Wildman–Crippen MR) is 201 cm³/mol. The van der Waals surface area contributed by atoms with E-state index in [0.29, 0.717) is 57.9 Å². The molecule has 5 amide bonds. The second-order valence-electron chi connectivity index (χ2n) is 14.7. The molecule has 0 bridgehead atoms. The topological polar surface area (TPSA) is 147 Å². The molecule has 4 aliphatic heterocycles. The van der Waals surface area contributed by atoms with Crippen molar-refractivity contribution in [2.75, 3.05) is 20.1 Å². The fraction of sp³-hybridized carbons (Fsp3) is 0.525. The number of hydrazone groups is 2. The van der Waals surface area contributed by atoms with Gasteiger partial charge in [0.25, 0.3) is 11.8 Å². The molecule has 2 aromatic rings. The Balaban J connectivity index is 1.41. The highest BCUT2D eigenvalue weighted by molar-refractivity contribution is 5.97. The van der Waals surface area contributed by atoms with Crippen LogP contribution in [0.1, 0.15) is 69.9 Å². The minimum Gasteiger partial charge on any atom is -0.350 e. The van der Waals surface area contributed by atoms with Crippen molar-refractivity contribution < 1.29 is 24.0 Å². The minimum atomic E-state index is -0.981. The van der Waals surface area contributed by atoms with E-state index in [-0.39, 0.29) is 36.6 Å². The van der Waals surface area contributed by atoms with E-state index in [4.69, 9.17) is 0 Å². The lowest BCUT2D eigenvalue weighted by Gasteiger charge is -2.40. The zero-order chi connectivity index (χ0) is 37.5. The van der Waals surface area contributed by atoms with E-state index >= 15 is 0 Å². The molecule has 4 heterocycles. The van der Waals surface area contributed by atoms with Gasteiger partial charge in [-0.3, -0.25) is 24.0 Å². The van der Waals surface area contributed by atoms with E-state index in [1.54, 1.807) is 24.4 Å². The number of carbonyl (C=O) groups is 5. The van der Waals surface area contributed by atoms with Crippen LogP contribution < -0.4 is 10.6 Å². The van der Waals surface area contributed by atoms with Gasteiger partial charge in [-0.1, -0.05) is 80.9 Å². The Hall–Kier alpha value is -4.91. The van der Waals surface area contributed by atoms with Crippen molar-refractivity contribution in [2.24, 2.45) is 16.1 Å². The van der Waals surface area contributed by atoms with Gasteiger partial charge in [-0.15, -0.1) is 0 Å². The van der Waals surface area contributed by atoms with Crippen LogP contribution in [-0.4, -0.2) is 118 Å². The van der Waals surface area contributed by atoms with E-state index in [9.17, 15) is 24.0 Å². The first kappa shape index (κ1) is 37.8. The summed E-state index contributed by atoms with van der Waals surface area (Å²) in [7, 11) is 1.59. The summed E-state index contributed by atoms with van der Waals surface area (Å²) >= 11 is 0. The highest BCUT2D eigenvalue weighted by Gasteiger charge is 2.46. The van der Waals surface area contributed by atoms with Gasteiger partial charge < -0.3 is 20.4 Å². The third-order valence-electron chi connectivity index (χ3n) is 11.1. The van der Waals surface area contributed by atoms with Gasteiger partial charge >= 0.3 is 0 Å². The maximum Gasteiger partial charge on any atom is 0.268 e. The second kappa shape index (κ2) is 17.3. The number of carbonyl (C=O) groups excluding carboxylic acids is 5. The lowest BCUT2D eigenvalue weighted by molar-refractivity contribution is -0.156. The molecule has 0 unspecified atom stereocenters. The van der Waals surface area contributed by atoms with Crippen LogP contribution in [0, 0.1) is 5.92 Å². The predicted octanol–water partition coefficient (Wildman–Crippen LogP) is 2.75. The standard InChI is InChI=1S/C40H52N8O5/c1-4-27(2)35-40(53)48-33(19-12-22-43-48)39(52)47-32(18-11-21-42-47)37(50)45(3)34(25-29-16-9-6-10-17-29)38(51)46-23-13-20-31(46)36(49)44-30(26-41-35)24-28-14-7-5-8-15-28/h5-10,14-17,21-22,27,30-35,41H,4,11-13,18-20,23-26H2,1-3H3,(H,44,49)/t27-,30+,31-,32-,33+,34+,35-/m0/s1. The second-order valence-corrected chi connectivity index (χ2v) is 14.7. The Morgan fingerprint density at radius 2 is 1.32 bits per heavy atom. The van der Waals surface area contributed by atoms with E-state index in [2.05, 4.69) is 20.8 Å². The largest absolute Gasteiger partial charge is 0.350 e. The van der Waals surface area contributed by atoms with Crippen molar-refractivity contribution in [3.8, 4) is 0 Å². The van der Waals surface area contributed by atoms with Gasteiger partial charge in [0.2, 0.25) is 17.7 Å². The molecule has 7 atom stereocenters. The summed E-state index contributed by atoms with van der Waals surface area (Å²) in [5.41, 5.74) is 1.88. The number of likely N-dealkylation sites (N-methyl/N-ethyl adjacent to an activating group) is 1. The highest BCUT2D eigenvalue weighted by atomic mass is 16.2. The first-order valence-corrected chi connectivity index (χ1v) is 19.1. The quantitative estimate of drug-likeness (QED) is 0.469. The lowest BCUT2D eigenvalue weighted by Crippen LogP contribution is -2.62. The smallest absolute Gasteiger partial charge is 0.268 e. The molecule has 0 saturated carbocycles. The number of amides is 5. The van der Waals surface area contributed by atoms with Crippen LogP contribution in [0.25, 0.3) is 0 Å². The SMILES string of the molecule is CC[C@H](C)[C@@H]1NC[C@@H](Cc2ccccc2)NC(=O)[C@@H]2CCCN2C(=O)[C@@H](Cc2ccccc2)N(C)C(=O)[C@@H]2CCC=NN2C(=O)[C@H]2CCC=NN2C1=O. The molecule has 2 saturated heterocycles. The summed E-state index contributed by atoms with van der Waals surface area (Å²) in [6.07, 6.45) is 7.36. The Morgan fingerprint density at radius 3 is 1.94 bits per heavy atom. The molecular weight excluding hydrogens is 672 g/mol. The average molecular weight is 725 g/mol. The van der Waals surface area contributed by atoms with Crippen molar-refractivity contribution in [1.82, 2.24) is 30.5 Å². The number of nitrogens with one attached hydrogen (secondary N) is 2. The molecule has 6 rings (SSSR count). The zero-order valence-corrected chi connectivity index (χ0v) is 31.0. The summed E-state index contributed by atoms with van der Waals surface area (Å²) in [6.45, 7) is 4.63. The van der Waals surface area contributed by atoms with Crippen LogP contribution in [0.5, 0.6) is 0 Å². The fourth-order valence-corrected chi connectivity index (χ4v) is 7.85. The molecule has 0 aliphatic carbocycles. The normalized spacial score (nSPS) is 28.2. The Morgan fingerprint density at radius 1 is 0.736 bits per heavy atom. The fourth-order valence-electron chi connectivity index (χ4n) is 7.85. The van der Waals surface area contributed by atoms with Crippen LogP contribution in [0.3, 0.4) is 0 Å². The third-order valence-corrected chi connectivity index (χ3v) is 11.1. The Kier molecular flexibility index (Phi) is 12.3. The number of hydrogen-bond acceptors (Lipinski definition) is 8. The van der Waals surface area contributed by atoms with E-state index < -0.39 is 48.1 Å². The first-order chi connectivity index (χ1) is 25.7. The summed E-state index contributed by atoms with van der Waals surface area (Å²) in [6, 6.07) is 14.6. The van der Waals surface area contributed by atoms with E-state index in [1.807, 2.05) is 74.5 Å². The monoisotopic (exact) mass is 724 g/mol. The molecule has 2 aromatic carbocycles. The Bertz CT molecular complexity index is 1690. The molecule has 53 heavy (non-hydrogen) atoms. The van der Waals surface area contributed by atoms with E-state index in [1.165, 1.54) is 14.9 Å². The molecular formula is C40H52N8O5. The molecule has 4 aliphatic rings. The highest BCUT2D eigenvalue weighted by Crippen LogP contribution is 2.27. The summed E-state index contributed by atoms with van der Waals surface area (Å²) < 4.78 is 0. The number of hydrogen-bond donors (Lipinski definition) is 2. The van der Waals surface area contributed by atoms with Crippen LogP contribution in [-0.2, 0) is 36.8 Å². The van der Waals surface area contributed by atoms with Crippen LogP contribution in [0.4, 0.5) is 0 Å². The van der Waals surface area contributed by atoms with Crippen molar-refractivity contribution in [3.05, 3.63) is 71.8 Å². The van der Waals surface area contributed by atoms with Crippen LogP contribution in [0.15, 0.2) is 70.9 Å². The van der Waals surface area contributed by atoms with Gasteiger partial charge in [0, 0.05) is 45.0 Å². The maximum atomic E-state index is 14.7. The summed E-state index contributed by atoms with van der Waals surface area (Å²) in [5, 5.41) is 18.0. The van der Waals surface area contributed by atoms with Gasteiger partial charge in [-0.05, 0) is 62.0 Å². The van der Waals surface area contributed by atoms with E-state index in [0.717, 1.165) is 11.1 Å². The average Bonchev–Trinajstić information content (AvgIpc) is 3.70. The van der Waals surface area contributed by atoms with Crippen LogP contribution >= 0.6 is 0 Å². The Labute approximate surface area is 311 Å².